The summed E-state index contributed by atoms with van der Waals surface area (Å²) in [7, 11) is 0. The van der Waals surface area contributed by atoms with E-state index in [1.807, 2.05) is 61.5 Å². The van der Waals surface area contributed by atoms with Gasteiger partial charge in [0.25, 0.3) is 0 Å². The largest absolute Gasteiger partial charge is 0.494 e. The SMILES string of the molecule is CC(CCO/C(=C/C=O)c1ccc(OCCCCCCOC(=O)c2cc(N)cc(N)c2)cc1)Oc1ccc(-c2ccccc2)cc1. The van der Waals surface area contributed by atoms with E-state index in [4.69, 9.17) is 30.4 Å². The Kier molecular flexibility index (Phi) is 13.1. The summed E-state index contributed by atoms with van der Waals surface area (Å²) in [5.74, 6) is 1.62. The number of aldehydes is 1. The van der Waals surface area contributed by atoms with Crippen LogP contribution in [-0.4, -0.2) is 38.2 Å². The highest BCUT2D eigenvalue weighted by Crippen LogP contribution is 2.24. The highest BCUT2D eigenvalue weighted by atomic mass is 16.5. The van der Waals surface area contributed by atoms with Crippen LogP contribution in [0.1, 0.15) is 54.9 Å². The minimum absolute atomic E-state index is 0.0696. The van der Waals surface area contributed by atoms with Gasteiger partial charge in [-0.1, -0.05) is 42.5 Å². The average molecular weight is 623 g/mol. The van der Waals surface area contributed by atoms with E-state index in [1.165, 1.54) is 6.08 Å². The number of carbonyl (C=O) groups is 2. The number of esters is 1. The second-order valence-corrected chi connectivity index (χ2v) is 10.9. The van der Waals surface area contributed by atoms with Gasteiger partial charge in [-0.15, -0.1) is 0 Å². The Morgan fingerprint density at radius 2 is 1.33 bits per heavy atom. The standard InChI is InChI=1S/C38H42N2O6/c1-28(46-36-17-11-30(12-18-36)29-9-5-4-6-10-29)20-24-44-37(19-21-41)31-13-15-35(16-14-31)43-22-7-2-3-8-23-45-38(42)32-25-33(39)27-34(40)26-32/h4-6,9-19,21,25-28H,2-3,7-8,20,22-24,39-40H2,1H3/b37-19+. The number of hydrogen-bond acceptors (Lipinski definition) is 8. The van der Waals surface area contributed by atoms with Gasteiger partial charge in [0.2, 0.25) is 0 Å². The van der Waals surface area contributed by atoms with Crippen molar-refractivity contribution in [2.75, 3.05) is 31.3 Å². The summed E-state index contributed by atoms with van der Waals surface area (Å²) in [6.45, 7) is 3.31. The van der Waals surface area contributed by atoms with Crippen LogP contribution in [0.25, 0.3) is 16.9 Å². The molecule has 8 heteroatoms. The third kappa shape index (κ3) is 11.0. The molecule has 0 amide bonds. The molecule has 0 aliphatic carbocycles. The number of nitrogen functional groups attached to an aromatic ring is 2. The molecule has 8 nitrogen and oxygen atoms in total. The first-order valence-corrected chi connectivity index (χ1v) is 15.6. The highest BCUT2D eigenvalue weighted by molar-refractivity contribution is 5.91. The quantitative estimate of drug-likeness (QED) is 0.0289. The van der Waals surface area contributed by atoms with Gasteiger partial charge in [-0.2, -0.15) is 0 Å². The van der Waals surface area contributed by atoms with Crippen LogP contribution >= 0.6 is 0 Å². The maximum atomic E-state index is 12.1. The molecule has 4 aromatic rings. The van der Waals surface area contributed by atoms with Crippen molar-refractivity contribution in [1.82, 2.24) is 0 Å². The number of unbranched alkanes of at least 4 members (excludes halogenated alkanes) is 3. The molecule has 0 bridgehead atoms. The summed E-state index contributed by atoms with van der Waals surface area (Å²) < 4.78 is 23.2. The molecular weight excluding hydrogens is 580 g/mol. The Hall–Kier alpha value is -5.24. The zero-order valence-electron chi connectivity index (χ0n) is 26.2. The molecule has 0 aliphatic heterocycles. The molecule has 4 aromatic carbocycles. The lowest BCUT2D eigenvalue weighted by molar-refractivity contribution is -0.104. The predicted molar refractivity (Wildman–Crippen MR) is 183 cm³/mol. The van der Waals surface area contributed by atoms with E-state index in [1.54, 1.807) is 18.2 Å². The van der Waals surface area contributed by atoms with Crippen LogP contribution in [0, 0.1) is 0 Å². The Bertz CT molecular complexity index is 1530. The number of rotatable bonds is 18. The van der Waals surface area contributed by atoms with Crippen LogP contribution in [0.15, 0.2) is 103 Å². The maximum Gasteiger partial charge on any atom is 0.338 e. The Morgan fingerprint density at radius 3 is 2.00 bits per heavy atom. The van der Waals surface area contributed by atoms with Gasteiger partial charge in [0.15, 0.2) is 0 Å². The number of benzene rings is 4. The van der Waals surface area contributed by atoms with Gasteiger partial charge in [-0.05, 0) is 98.3 Å². The van der Waals surface area contributed by atoms with Gasteiger partial charge < -0.3 is 30.4 Å². The summed E-state index contributed by atoms with van der Waals surface area (Å²) >= 11 is 0. The van der Waals surface area contributed by atoms with Crippen molar-refractivity contribution < 1.29 is 28.5 Å². The molecule has 0 spiro atoms. The number of nitrogens with two attached hydrogens (primary N) is 2. The Labute approximate surface area is 270 Å². The van der Waals surface area contributed by atoms with Crippen molar-refractivity contribution in [1.29, 1.82) is 0 Å². The van der Waals surface area contributed by atoms with Crippen molar-refractivity contribution in [3.05, 3.63) is 114 Å². The van der Waals surface area contributed by atoms with E-state index in [0.717, 1.165) is 60.2 Å². The molecule has 0 saturated heterocycles. The van der Waals surface area contributed by atoms with Crippen LogP contribution in [0.4, 0.5) is 11.4 Å². The zero-order valence-corrected chi connectivity index (χ0v) is 26.2. The Balaban J connectivity index is 1.10. The lowest BCUT2D eigenvalue weighted by atomic mass is 10.1. The fraction of sp³-hybridized carbons (Fsp3) is 0.263. The van der Waals surface area contributed by atoms with Gasteiger partial charge >= 0.3 is 5.97 Å². The highest BCUT2D eigenvalue weighted by Gasteiger charge is 2.10. The number of allylic oxidation sites excluding steroid dienone is 1. The molecule has 0 saturated carbocycles. The van der Waals surface area contributed by atoms with Crippen molar-refractivity contribution in [2.45, 2.75) is 45.1 Å². The molecular formula is C38H42N2O6. The van der Waals surface area contributed by atoms with Crippen molar-refractivity contribution in [3.63, 3.8) is 0 Å². The van der Waals surface area contributed by atoms with E-state index < -0.39 is 5.97 Å². The average Bonchev–Trinajstić information content (AvgIpc) is 3.06. The fourth-order valence-corrected chi connectivity index (χ4v) is 4.78. The molecule has 0 heterocycles. The van der Waals surface area contributed by atoms with Crippen LogP contribution in [0.3, 0.4) is 0 Å². The second kappa shape index (κ2) is 17.9. The summed E-state index contributed by atoms with van der Waals surface area (Å²) in [6.07, 6.45) is 6.22. The zero-order chi connectivity index (χ0) is 32.6. The van der Waals surface area contributed by atoms with Crippen LogP contribution in [0.2, 0.25) is 0 Å². The van der Waals surface area contributed by atoms with E-state index in [2.05, 4.69) is 24.3 Å². The third-order valence-electron chi connectivity index (χ3n) is 7.19. The normalized spacial score (nSPS) is 11.8. The van der Waals surface area contributed by atoms with Gasteiger partial charge in [-0.3, -0.25) is 4.79 Å². The third-order valence-corrected chi connectivity index (χ3v) is 7.19. The molecule has 0 aliphatic rings. The number of carbonyl (C=O) groups excluding carboxylic acids is 2. The predicted octanol–water partition coefficient (Wildman–Crippen LogP) is 7.73. The number of ether oxygens (including phenoxy) is 4. The second-order valence-electron chi connectivity index (χ2n) is 10.9. The van der Waals surface area contributed by atoms with Crippen LogP contribution in [0.5, 0.6) is 11.5 Å². The number of hydrogen-bond donors (Lipinski definition) is 2. The number of anilines is 2. The minimum Gasteiger partial charge on any atom is -0.494 e. The lowest BCUT2D eigenvalue weighted by Crippen LogP contribution is -2.14. The molecule has 240 valence electrons. The van der Waals surface area contributed by atoms with Gasteiger partial charge in [0.1, 0.15) is 23.5 Å². The van der Waals surface area contributed by atoms with E-state index in [0.29, 0.717) is 48.9 Å². The minimum atomic E-state index is -0.424. The first kappa shape index (κ1) is 33.6. The fourth-order valence-electron chi connectivity index (χ4n) is 4.78. The topological polar surface area (TPSA) is 123 Å². The van der Waals surface area contributed by atoms with Crippen molar-refractivity contribution in [2.24, 2.45) is 0 Å². The Morgan fingerprint density at radius 1 is 0.696 bits per heavy atom. The van der Waals surface area contributed by atoms with E-state index >= 15 is 0 Å². The van der Waals surface area contributed by atoms with E-state index in [9.17, 15) is 9.59 Å². The van der Waals surface area contributed by atoms with Crippen LogP contribution < -0.4 is 20.9 Å². The maximum absolute atomic E-state index is 12.1. The summed E-state index contributed by atoms with van der Waals surface area (Å²) in [5.41, 5.74) is 15.8. The molecule has 1 unspecified atom stereocenters. The van der Waals surface area contributed by atoms with Gasteiger partial charge in [0.05, 0.1) is 31.5 Å². The molecule has 0 fully saturated rings. The smallest absolute Gasteiger partial charge is 0.338 e. The molecule has 1 atom stereocenters. The molecule has 0 aromatic heterocycles. The van der Waals surface area contributed by atoms with Crippen LogP contribution in [-0.2, 0) is 14.3 Å². The van der Waals surface area contributed by atoms with Gasteiger partial charge in [0, 0.05) is 29.4 Å². The van der Waals surface area contributed by atoms with E-state index in [-0.39, 0.29) is 6.10 Å². The summed E-state index contributed by atoms with van der Waals surface area (Å²) in [4.78, 5) is 23.4. The summed E-state index contributed by atoms with van der Waals surface area (Å²) in [6, 6.07) is 30.5. The first-order chi connectivity index (χ1) is 22.4. The molecule has 0 radical (unpaired) electrons. The van der Waals surface area contributed by atoms with Crippen molar-refractivity contribution >= 4 is 29.4 Å². The molecule has 4 N–H and O–H groups in total. The van der Waals surface area contributed by atoms with Crippen molar-refractivity contribution in [3.8, 4) is 22.6 Å². The monoisotopic (exact) mass is 622 g/mol. The summed E-state index contributed by atoms with van der Waals surface area (Å²) in [5, 5.41) is 0. The molecule has 46 heavy (non-hydrogen) atoms. The first-order valence-electron chi connectivity index (χ1n) is 15.6. The van der Waals surface area contributed by atoms with Gasteiger partial charge in [-0.25, -0.2) is 4.79 Å². The molecule has 4 rings (SSSR count). The lowest BCUT2D eigenvalue weighted by Gasteiger charge is -2.17.